The van der Waals surface area contributed by atoms with Crippen molar-refractivity contribution in [3.8, 4) is 0 Å². The van der Waals surface area contributed by atoms with Crippen LogP contribution in [0.15, 0.2) is 41.3 Å². The molecular formula is C22H26N4O7S. The van der Waals surface area contributed by atoms with Crippen molar-refractivity contribution >= 4 is 33.7 Å². The quantitative estimate of drug-likeness (QED) is 0.331. The summed E-state index contributed by atoms with van der Waals surface area (Å²) in [5.41, 5.74) is 4.47. The third-order valence-electron chi connectivity index (χ3n) is 6.31. The lowest BCUT2D eigenvalue weighted by Gasteiger charge is -2.26. The van der Waals surface area contributed by atoms with E-state index in [4.69, 9.17) is 4.74 Å². The Morgan fingerprint density at radius 2 is 1.65 bits per heavy atom. The van der Waals surface area contributed by atoms with E-state index in [0.717, 1.165) is 4.90 Å². The van der Waals surface area contributed by atoms with Gasteiger partial charge in [0.1, 0.15) is 6.04 Å². The molecule has 1 aliphatic carbocycles. The van der Waals surface area contributed by atoms with Gasteiger partial charge >= 0.3 is 0 Å². The van der Waals surface area contributed by atoms with Gasteiger partial charge in [-0.3, -0.25) is 34.9 Å². The number of hydrogen-bond donors (Lipinski definition) is 2. The van der Waals surface area contributed by atoms with Crippen LogP contribution in [-0.2, 0) is 29.1 Å². The van der Waals surface area contributed by atoms with Gasteiger partial charge in [0.2, 0.25) is 21.8 Å². The Kier molecular flexibility index (Phi) is 6.82. The molecule has 3 aliphatic rings. The van der Waals surface area contributed by atoms with Crippen LogP contribution >= 0.6 is 0 Å². The molecule has 1 aromatic rings. The average molecular weight is 491 g/mol. The van der Waals surface area contributed by atoms with E-state index in [1.807, 2.05) is 12.2 Å². The molecule has 2 aliphatic heterocycles. The number of allylic oxidation sites excluding steroid dienone is 2. The molecule has 0 spiro atoms. The highest BCUT2D eigenvalue weighted by Crippen LogP contribution is 2.36. The number of hydrazine groups is 1. The maximum Gasteiger partial charge on any atom is 0.269 e. The fourth-order valence-electron chi connectivity index (χ4n) is 4.35. The Bertz CT molecular complexity index is 1120. The number of hydrogen-bond acceptors (Lipinski definition) is 7. The Hall–Kier alpha value is -3.09. The SMILES string of the molecule is C[C@@H](C(=O)NNC(=O)c1cccc(S(=O)(=O)N2CCOCC2)c1)N1C(=O)[C@H]2CC=CC[C@@H]2C1=O. The predicted octanol–water partition coefficient (Wildman–Crippen LogP) is -0.192. The highest BCUT2D eigenvalue weighted by molar-refractivity contribution is 7.89. The highest BCUT2D eigenvalue weighted by atomic mass is 32.2. The van der Waals surface area contributed by atoms with E-state index < -0.39 is 51.5 Å². The molecule has 0 bridgehead atoms. The van der Waals surface area contributed by atoms with E-state index in [1.165, 1.54) is 35.5 Å². The lowest BCUT2D eigenvalue weighted by atomic mass is 9.85. The minimum absolute atomic E-state index is 0.0210. The van der Waals surface area contributed by atoms with Crippen LogP contribution < -0.4 is 10.9 Å². The zero-order chi connectivity index (χ0) is 24.5. The van der Waals surface area contributed by atoms with Crippen molar-refractivity contribution in [2.24, 2.45) is 11.8 Å². The average Bonchev–Trinajstić information content (AvgIpc) is 3.12. The number of rotatable bonds is 5. The van der Waals surface area contributed by atoms with E-state index in [0.29, 0.717) is 26.1 Å². The molecule has 0 unspecified atom stereocenters. The summed E-state index contributed by atoms with van der Waals surface area (Å²) >= 11 is 0. The van der Waals surface area contributed by atoms with Crippen molar-refractivity contribution in [3.63, 3.8) is 0 Å². The third-order valence-corrected chi connectivity index (χ3v) is 8.21. The maximum atomic E-state index is 12.8. The van der Waals surface area contributed by atoms with Gasteiger partial charge < -0.3 is 4.74 Å². The van der Waals surface area contributed by atoms with Gasteiger partial charge in [-0.1, -0.05) is 18.2 Å². The van der Waals surface area contributed by atoms with E-state index >= 15 is 0 Å². The number of ether oxygens (including phenoxy) is 1. The lowest BCUT2D eigenvalue weighted by Crippen LogP contribution is -2.53. The smallest absolute Gasteiger partial charge is 0.269 e. The zero-order valence-electron chi connectivity index (χ0n) is 18.6. The molecular weight excluding hydrogens is 464 g/mol. The minimum atomic E-state index is -3.80. The van der Waals surface area contributed by atoms with E-state index in [2.05, 4.69) is 10.9 Å². The van der Waals surface area contributed by atoms with Crippen LogP contribution in [0.3, 0.4) is 0 Å². The van der Waals surface area contributed by atoms with Crippen molar-refractivity contribution in [1.29, 1.82) is 0 Å². The number of carbonyl (C=O) groups is 4. The summed E-state index contributed by atoms with van der Waals surface area (Å²) in [6.45, 7) is 2.45. The summed E-state index contributed by atoms with van der Waals surface area (Å²) in [6.07, 6.45) is 4.63. The molecule has 34 heavy (non-hydrogen) atoms. The Morgan fingerprint density at radius 3 is 2.26 bits per heavy atom. The molecule has 0 saturated carbocycles. The highest BCUT2D eigenvalue weighted by Gasteiger charge is 2.50. The minimum Gasteiger partial charge on any atom is -0.379 e. The first-order valence-corrected chi connectivity index (χ1v) is 12.5. The van der Waals surface area contributed by atoms with Crippen LogP contribution in [0.1, 0.15) is 30.1 Å². The van der Waals surface area contributed by atoms with Crippen LogP contribution in [0.2, 0.25) is 0 Å². The maximum absolute atomic E-state index is 12.8. The Balaban J connectivity index is 1.39. The van der Waals surface area contributed by atoms with Gasteiger partial charge in [-0.15, -0.1) is 0 Å². The van der Waals surface area contributed by atoms with Gasteiger partial charge in [0, 0.05) is 18.7 Å². The first kappa shape index (κ1) is 24.0. The molecule has 3 atom stereocenters. The monoisotopic (exact) mass is 490 g/mol. The number of fused-ring (bicyclic) bond motifs is 1. The number of morpholine rings is 1. The lowest BCUT2D eigenvalue weighted by molar-refractivity contribution is -0.147. The normalized spacial score (nSPS) is 24.0. The fourth-order valence-corrected chi connectivity index (χ4v) is 5.81. The molecule has 0 radical (unpaired) electrons. The summed E-state index contributed by atoms with van der Waals surface area (Å²) in [5.74, 6) is -3.18. The molecule has 1 aromatic carbocycles. The number of nitrogens with zero attached hydrogens (tertiary/aromatic N) is 2. The van der Waals surface area contributed by atoms with Crippen LogP contribution in [-0.4, -0.2) is 73.6 Å². The van der Waals surface area contributed by atoms with Crippen LogP contribution in [0, 0.1) is 11.8 Å². The number of likely N-dealkylation sites (tertiary alicyclic amines) is 1. The molecule has 2 heterocycles. The second-order valence-corrected chi connectivity index (χ2v) is 10.3. The van der Waals surface area contributed by atoms with Crippen LogP contribution in [0.5, 0.6) is 0 Å². The molecule has 2 fully saturated rings. The predicted molar refractivity (Wildman–Crippen MR) is 118 cm³/mol. The zero-order valence-corrected chi connectivity index (χ0v) is 19.4. The first-order chi connectivity index (χ1) is 16.2. The first-order valence-electron chi connectivity index (χ1n) is 11.0. The van der Waals surface area contributed by atoms with Crippen molar-refractivity contribution in [2.45, 2.75) is 30.7 Å². The number of carbonyl (C=O) groups excluding carboxylic acids is 4. The summed E-state index contributed by atoms with van der Waals surface area (Å²) in [4.78, 5) is 51.4. The molecule has 2 N–H and O–H groups in total. The number of sulfonamides is 1. The topological polar surface area (TPSA) is 142 Å². The van der Waals surface area contributed by atoms with E-state index in [1.54, 1.807) is 0 Å². The van der Waals surface area contributed by atoms with Crippen molar-refractivity contribution in [1.82, 2.24) is 20.1 Å². The molecule has 4 rings (SSSR count). The summed E-state index contributed by atoms with van der Waals surface area (Å²) in [6, 6.07) is 4.35. The summed E-state index contributed by atoms with van der Waals surface area (Å²) in [5, 5.41) is 0. The van der Waals surface area contributed by atoms with E-state index in [-0.39, 0.29) is 23.5 Å². The number of nitrogens with one attached hydrogen (secondary N) is 2. The third kappa shape index (κ3) is 4.48. The van der Waals surface area contributed by atoms with Crippen molar-refractivity contribution in [2.75, 3.05) is 26.3 Å². The Labute approximate surface area is 197 Å². The summed E-state index contributed by atoms with van der Waals surface area (Å²) in [7, 11) is -3.80. The second kappa shape index (κ2) is 9.65. The van der Waals surface area contributed by atoms with Gasteiger partial charge in [-0.25, -0.2) is 8.42 Å². The van der Waals surface area contributed by atoms with Gasteiger partial charge in [-0.05, 0) is 38.0 Å². The van der Waals surface area contributed by atoms with E-state index in [9.17, 15) is 27.6 Å². The van der Waals surface area contributed by atoms with Crippen LogP contribution in [0.25, 0.3) is 0 Å². The van der Waals surface area contributed by atoms with Crippen molar-refractivity contribution < 1.29 is 32.3 Å². The van der Waals surface area contributed by atoms with Crippen LogP contribution in [0.4, 0.5) is 0 Å². The summed E-state index contributed by atoms with van der Waals surface area (Å²) < 4.78 is 32.1. The number of imide groups is 1. The molecule has 0 aromatic heterocycles. The molecule has 4 amide bonds. The van der Waals surface area contributed by atoms with Gasteiger partial charge in [0.25, 0.3) is 11.8 Å². The molecule has 11 nitrogen and oxygen atoms in total. The standard InChI is InChI=1S/C22H26N4O7S/c1-14(26-21(29)17-7-2-3-8-18(17)22(26)30)19(27)23-24-20(28)15-5-4-6-16(13-15)34(31,32)25-9-11-33-12-10-25/h2-6,13-14,17-18H,7-12H2,1H3,(H,23,27)(H,24,28)/t14-,17-,18-/m0/s1. The van der Waals surface area contributed by atoms with Gasteiger partial charge in [0.05, 0.1) is 29.9 Å². The Morgan fingerprint density at radius 1 is 1.03 bits per heavy atom. The number of amides is 4. The van der Waals surface area contributed by atoms with Gasteiger partial charge in [0.15, 0.2) is 0 Å². The van der Waals surface area contributed by atoms with Gasteiger partial charge in [-0.2, -0.15) is 4.31 Å². The molecule has 12 heteroatoms. The fraction of sp³-hybridized carbons (Fsp3) is 0.455. The molecule has 2 saturated heterocycles. The van der Waals surface area contributed by atoms with Crippen molar-refractivity contribution in [3.05, 3.63) is 42.0 Å². The molecule has 182 valence electrons. The largest absolute Gasteiger partial charge is 0.379 e. The number of benzene rings is 1. The second-order valence-electron chi connectivity index (χ2n) is 8.37.